The number of fused-ring (bicyclic) bond motifs is 1. The summed E-state index contributed by atoms with van der Waals surface area (Å²) in [6.45, 7) is 1.78. The SMILES string of the molecule is CC(=O)On1ccc2c(Cn3cc(C(c4ccccc4)c4ccccc4)ccc3=O)cccc21. The van der Waals surface area contributed by atoms with Crippen molar-refractivity contribution in [3.05, 3.63) is 142 Å². The molecule has 0 amide bonds. The molecule has 0 radical (unpaired) electrons. The van der Waals surface area contributed by atoms with Crippen molar-refractivity contribution in [2.24, 2.45) is 0 Å². The molecule has 0 N–H and O–H groups in total. The fourth-order valence-electron chi connectivity index (χ4n) is 4.46. The van der Waals surface area contributed by atoms with E-state index in [0.29, 0.717) is 6.54 Å². The molecule has 0 aliphatic heterocycles. The number of carbonyl (C=O) groups excluding carboxylic acids is 1. The first kappa shape index (κ1) is 21.5. The van der Waals surface area contributed by atoms with Crippen molar-refractivity contribution < 1.29 is 9.63 Å². The number of benzene rings is 3. The van der Waals surface area contributed by atoms with Gasteiger partial charge in [-0.15, -0.1) is 0 Å². The van der Waals surface area contributed by atoms with Gasteiger partial charge in [0.05, 0.1) is 12.1 Å². The molecule has 2 aromatic heterocycles. The molecule has 34 heavy (non-hydrogen) atoms. The Hall–Kier alpha value is -4.38. The molecule has 5 heteroatoms. The normalized spacial score (nSPS) is 11.1. The van der Waals surface area contributed by atoms with Crippen molar-refractivity contribution in [3.63, 3.8) is 0 Å². The topological polar surface area (TPSA) is 53.2 Å². The highest BCUT2D eigenvalue weighted by molar-refractivity contribution is 5.84. The molecule has 3 aromatic carbocycles. The first-order valence-electron chi connectivity index (χ1n) is 11.2. The van der Waals surface area contributed by atoms with Gasteiger partial charge in [-0.3, -0.25) is 4.79 Å². The standard InChI is InChI=1S/C29H24N2O3/c1-21(32)34-31-18-17-26-24(13-8-14-27(26)31)19-30-20-25(15-16-28(30)33)29(22-9-4-2-5-10-22)23-11-6-3-7-12-23/h2-18,20,29H,19H2,1H3. The van der Waals surface area contributed by atoms with Crippen LogP contribution in [-0.4, -0.2) is 15.3 Å². The minimum Gasteiger partial charge on any atom is -0.337 e. The molecular formula is C29H24N2O3. The van der Waals surface area contributed by atoms with Crippen LogP contribution in [0.5, 0.6) is 0 Å². The first-order chi connectivity index (χ1) is 16.6. The van der Waals surface area contributed by atoms with Crippen LogP contribution in [0.4, 0.5) is 0 Å². The van der Waals surface area contributed by atoms with Gasteiger partial charge in [0.2, 0.25) is 0 Å². The maximum atomic E-state index is 12.8. The van der Waals surface area contributed by atoms with Gasteiger partial charge in [-0.2, -0.15) is 4.73 Å². The van der Waals surface area contributed by atoms with Crippen molar-refractivity contribution in [3.8, 4) is 0 Å². The van der Waals surface area contributed by atoms with Gasteiger partial charge >= 0.3 is 5.97 Å². The van der Waals surface area contributed by atoms with Gasteiger partial charge in [0.1, 0.15) is 0 Å². The number of aromatic nitrogens is 2. The molecule has 0 aliphatic rings. The Bertz CT molecular complexity index is 1460. The quantitative estimate of drug-likeness (QED) is 0.367. The third-order valence-corrected chi connectivity index (χ3v) is 5.96. The van der Waals surface area contributed by atoms with Crippen molar-refractivity contribution in [2.45, 2.75) is 19.4 Å². The summed E-state index contributed by atoms with van der Waals surface area (Å²) >= 11 is 0. The minimum absolute atomic E-state index is 0.00934. The van der Waals surface area contributed by atoms with Gasteiger partial charge in [-0.05, 0) is 34.4 Å². The van der Waals surface area contributed by atoms with E-state index in [2.05, 4.69) is 24.3 Å². The third kappa shape index (κ3) is 4.28. The zero-order valence-corrected chi connectivity index (χ0v) is 18.8. The van der Waals surface area contributed by atoms with Crippen molar-refractivity contribution in [2.75, 3.05) is 0 Å². The molecule has 0 unspecified atom stereocenters. The van der Waals surface area contributed by atoms with E-state index in [1.54, 1.807) is 16.8 Å². The van der Waals surface area contributed by atoms with Gasteiger partial charge in [-0.1, -0.05) is 78.9 Å². The molecule has 5 aromatic rings. The van der Waals surface area contributed by atoms with Crippen LogP contribution >= 0.6 is 0 Å². The molecule has 0 fully saturated rings. The largest absolute Gasteiger partial charge is 0.337 e. The molecule has 0 spiro atoms. The number of rotatable bonds is 6. The Morgan fingerprint density at radius 1 is 0.794 bits per heavy atom. The van der Waals surface area contributed by atoms with E-state index in [0.717, 1.165) is 22.0 Å². The summed E-state index contributed by atoms with van der Waals surface area (Å²) in [5.74, 6) is -0.380. The summed E-state index contributed by atoms with van der Waals surface area (Å²) in [7, 11) is 0. The highest BCUT2D eigenvalue weighted by Gasteiger charge is 2.18. The number of pyridine rings is 1. The van der Waals surface area contributed by atoms with Crippen LogP contribution in [0.2, 0.25) is 0 Å². The monoisotopic (exact) mass is 448 g/mol. The molecule has 5 rings (SSSR count). The van der Waals surface area contributed by atoms with Gasteiger partial charge < -0.3 is 9.40 Å². The van der Waals surface area contributed by atoms with Gasteiger partial charge in [-0.25, -0.2) is 4.79 Å². The van der Waals surface area contributed by atoms with E-state index in [9.17, 15) is 9.59 Å². The fourth-order valence-corrected chi connectivity index (χ4v) is 4.46. The summed E-state index contributed by atoms with van der Waals surface area (Å²) in [6.07, 6.45) is 3.67. The van der Waals surface area contributed by atoms with Gasteiger partial charge in [0.15, 0.2) is 0 Å². The summed E-state index contributed by atoms with van der Waals surface area (Å²) in [4.78, 5) is 29.5. The van der Waals surface area contributed by atoms with Crippen LogP contribution in [0.15, 0.2) is 114 Å². The van der Waals surface area contributed by atoms with Crippen LogP contribution in [0.3, 0.4) is 0 Å². The predicted molar refractivity (Wildman–Crippen MR) is 133 cm³/mol. The Morgan fingerprint density at radius 2 is 1.47 bits per heavy atom. The molecule has 0 saturated heterocycles. The summed E-state index contributed by atoms with van der Waals surface area (Å²) in [5, 5.41) is 0.934. The molecule has 0 bridgehead atoms. The Morgan fingerprint density at radius 3 is 2.12 bits per heavy atom. The van der Waals surface area contributed by atoms with Crippen molar-refractivity contribution >= 4 is 16.9 Å². The molecular weight excluding hydrogens is 424 g/mol. The molecule has 2 heterocycles. The Balaban J connectivity index is 1.56. The second-order valence-electron chi connectivity index (χ2n) is 8.26. The second kappa shape index (κ2) is 9.24. The lowest BCUT2D eigenvalue weighted by atomic mass is 9.86. The van der Waals surface area contributed by atoms with E-state index in [4.69, 9.17) is 4.84 Å². The Kier molecular flexibility index (Phi) is 5.83. The lowest BCUT2D eigenvalue weighted by molar-refractivity contribution is -0.140. The number of hydrogen-bond donors (Lipinski definition) is 0. The second-order valence-corrected chi connectivity index (χ2v) is 8.26. The highest BCUT2D eigenvalue weighted by atomic mass is 16.7. The fraction of sp³-hybridized carbons (Fsp3) is 0.103. The smallest absolute Gasteiger partial charge is 0.329 e. The summed E-state index contributed by atoms with van der Waals surface area (Å²) in [6, 6.07) is 31.9. The summed E-state index contributed by atoms with van der Waals surface area (Å²) < 4.78 is 3.20. The number of carbonyl (C=O) groups is 1. The summed E-state index contributed by atoms with van der Waals surface area (Å²) in [5.41, 5.74) is 5.06. The zero-order valence-electron chi connectivity index (χ0n) is 18.8. The average molecular weight is 449 g/mol. The van der Waals surface area contributed by atoms with E-state index in [1.807, 2.05) is 72.9 Å². The lowest BCUT2D eigenvalue weighted by Crippen LogP contribution is -2.21. The molecule has 0 saturated carbocycles. The van der Waals surface area contributed by atoms with Crippen LogP contribution in [0.1, 0.15) is 35.1 Å². The minimum atomic E-state index is -0.389. The van der Waals surface area contributed by atoms with Crippen molar-refractivity contribution in [1.29, 1.82) is 0 Å². The first-order valence-corrected chi connectivity index (χ1v) is 11.2. The van der Waals surface area contributed by atoms with E-state index in [-0.39, 0.29) is 17.4 Å². The molecule has 168 valence electrons. The highest BCUT2D eigenvalue weighted by Crippen LogP contribution is 2.31. The Labute approximate surface area is 197 Å². The van der Waals surface area contributed by atoms with Crippen LogP contribution in [-0.2, 0) is 11.3 Å². The maximum Gasteiger partial charge on any atom is 0.329 e. The number of nitrogens with zero attached hydrogens (tertiary/aromatic N) is 2. The molecule has 0 atom stereocenters. The average Bonchev–Trinajstić information content (AvgIpc) is 3.26. The zero-order chi connectivity index (χ0) is 23.5. The van der Waals surface area contributed by atoms with E-state index >= 15 is 0 Å². The lowest BCUT2D eigenvalue weighted by Gasteiger charge is -2.20. The van der Waals surface area contributed by atoms with E-state index < -0.39 is 0 Å². The molecule has 0 aliphatic carbocycles. The van der Waals surface area contributed by atoms with Crippen LogP contribution < -0.4 is 10.4 Å². The van der Waals surface area contributed by atoms with Gasteiger partial charge in [0, 0.05) is 36.7 Å². The maximum absolute atomic E-state index is 12.8. The van der Waals surface area contributed by atoms with Crippen LogP contribution in [0.25, 0.3) is 10.9 Å². The van der Waals surface area contributed by atoms with Gasteiger partial charge in [0.25, 0.3) is 5.56 Å². The third-order valence-electron chi connectivity index (χ3n) is 5.96. The van der Waals surface area contributed by atoms with Crippen LogP contribution in [0, 0.1) is 0 Å². The van der Waals surface area contributed by atoms with E-state index in [1.165, 1.54) is 22.8 Å². The predicted octanol–water partition coefficient (Wildman–Crippen LogP) is 5.01. The van der Waals surface area contributed by atoms with Crippen molar-refractivity contribution in [1.82, 2.24) is 9.30 Å². The molecule has 5 nitrogen and oxygen atoms in total. The number of hydrogen-bond acceptors (Lipinski definition) is 3.